The van der Waals surface area contributed by atoms with Gasteiger partial charge in [0.1, 0.15) is 6.10 Å². The summed E-state index contributed by atoms with van der Waals surface area (Å²) in [6, 6.07) is 8.98. The van der Waals surface area contributed by atoms with Gasteiger partial charge in [0, 0.05) is 6.92 Å². The molecule has 0 N–H and O–H groups in total. The molecule has 2 rings (SSSR count). The van der Waals surface area contributed by atoms with Gasteiger partial charge in [0.05, 0.1) is 19.1 Å². The molecule has 0 spiro atoms. The lowest BCUT2D eigenvalue weighted by molar-refractivity contribution is -0.170. The van der Waals surface area contributed by atoms with Crippen LogP contribution in [0.15, 0.2) is 30.3 Å². The van der Waals surface area contributed by atoms with Crippen molar-refractivity contribution in [2.45, 2.75) is 26.9 Å². The number of carbonyl (C=O) groups excluding carboxylic acids is 3. The fourth-order valence-corrected chi connectivity index (χ4v) is 2.74. The summed E-state index contributed by atoms with van der Waals surface area (Å²) in [5.41, 5.74) is -0.812. The zero-order valence-corrected chi connectivity index (χ0v) is 13.4. The van der Waals surface area contributed by atoms with Gasteiger partial charge in [-0.2, -0.15) is 0 Å². The minimum absolute atomic E-state index is 0.0129. The number of hydrogen-bond acceptors (Lipinski definition) is 6. The summed E-state index contributed by atoms with van der Waals surface area (Å²) >= 11 is 0. The number of esters is 3. The number of carbonyl (C=O) groups is 3. The van der Waals surface area contributed by atoms with Crippen molar-refractivity contribution in [3.63, 3.8) is 0 Å². The largest absolute Gasteiger partial charge is 0.465 e. The third-order valence-electron chi connectivity index (χ3n) is 4.05. The van der Waals surface area contributed by atoms with Crippen molar-refractivity contribution in [3.05, 3.63) is 35.9 Å². The zero-order chi connectivity index (χ0) is 17.0. The molecule has 1 aliphatic rings. The van der Waals surface area contributed by atoms with Crippen LogP contribution in [0.25, 0.3) is 0 Å². The Balaban J connectivity index is 2.42. The molecule has 1 saturated heterocycles. The molecule has 6 heteroatoms. The van der Waals surface area contributed by atoms with Gasteiger partial charge < -0.3 is 14.2 Å². The molecule has 1 fully saturated rings. The molecule has 0 amide bonds. The molecule has 1 aromatic carbocycles. The molecule has 0 saturated carbocycles. The Morgan fingerprint density at radius 2 is 2.00 bits per heavy atom. The van der Waals surface area contributed by atoms with Gasteiger partial charge in [-0.3, -0.25) is 14.4 Å². The molecule has 1 heterocycles. The summed E-state index contributed by atoms with van der Waals surface area (Å²) in [7, 11) is 0. The van der Waals surface area contributed by atoms with Crippen LogP contribution in [0.4, 0.5) is 0 Å². The molecular weight excluding hydrogens is 300 g/mol. The van der Waals surface area contributed by atoms with E-state index in [0.29, 0.717) is 5.56 Å². The van der Waals surface area contributed by atoms with E-state index in [-0.39, 0.29) is 13.2 Å². The van der Waals surface area contributed by atoms with Gasteiger partial charge in [-0.25, -0.2) is 0 Å². The van der Waals surface area contributed by atoms with E-state index in [1.165, 1.54) is 13.8 Å². The van der Waals surface area contributed by atoms with Crippen molar-refractivity contribution in [2.24, 2.45) is 11.3 Å². The monoisotopic (exact) mass is 320 g/mol. The summed E-state index contributed by atoms with van der Waals surface area (Å²) in [5.74, 6) is -2.47. The third-order valence-corrected chi connectivity index (χ3v) is 4.05. The SMILES string of the molecule is CCOC(=O)C1(C)C(=O)OCC1C(OC(C)=O)c1ccccc1. The molecule has 0 bridgehead atoms. The quantitative estimate of drug-likeness (QED) is 0.469. The standard InChI is InChI=1S/C17H20O6/c1-4-21-15(19)17(3)13(10-22-16(17)20)14(23-11(2)18)12-8-6-5-7-9-12/h5-9,13-14H,4,10H2,1-3H3. The summed E-state index contributed by atoms with van der Waals surface area (Å²) in [6.45, 7) is 4.57. The van der Waals surface area contributed by atoms with Crippen LogP contribution >= 0.6 is 0 Å². The van der Waals surface area contributed by atoms with Gasteiger partial charge >= 0.3 is 17.9 Å². The molecule has 0 aromatic heterocycles. The van der Waals surface area contributed by atoms with Crippen LogP contribution in [0, 0.1) is 11.3 Å². The number of ether oxygens (including phenoxy) is 3. The minimum Gasteiger partial charge on any atom is -0.465 e. The van der Waals surface area contributed by atoms with E-state index in [2.05, 4.69) is 0 Å². The molecule has 3 atom stereocenters. The maximum atomic E-state index is 12.3. The summed E-state index contributed by atoms with van der Waals surface area (Å²) in [4.78, 5) is 36.0. The van der Waals surface area contributed by atoms with E-state index in [0.717, 1.165) is 0 Å². The first kappa shape index (κ1) is 17.0. The predicted octanol–water partition coefficient (Wildman–Crippen LogP) is 2.03. The lowest BCUT2D eigenvalue weighted by Gasteiger charge is -2.30. The lowest BCUT2D eigenvalue weighted by atomic mass is 9.74. The first-order valence-electron chi connectivity index (χ1n) is 7.47. The lowest BCUT2D eigenvalue weighted by Crippen LogP contribution is -2.43. The van der Waals surface area contributed by atoms with Gasteiger partial charge in [-0.1, -0.05) is 30.3 Å². The fourth-order valence-electron chi connectivity index (χ4n) is 2.74. The first-order valence-corrected chi connectivity index (χ1v) is 7.47. The Bertz CT molecular complexity index is 596. The minimum atomic E-state index is -1.51. The Morgan fingerprint density at radius 3 is 2.57 bits per heavy atom. The van der Waals surface area contributed by atoms with Crippen LogP contribution in [-0.2, 0) is 28.6 Å². The summed E-state index contributed by atoms with van der Waals surface area (Å²) in [5, 5.41) is 0. The second kappa shape index (κ2) is 6.81. The Kier molecular flexibility index (Phi) is 5.03. The Hall–Kier alpha value is -2.37. The summed E-state index contributed by atoms with van der Waals surface area (Å²) < 4.78 is 15.6. The topological polar surface area (TPSA) is 78.9 Å². The van der Waals surface area contributed by atoms with Gasteiger partial charge in [0.15, 0.2) is 5.41 Å². The maximum Gasteiger partial charge on any atom is 0.323 e. The van der Waals surface area contributed by atoms with Crippen LogP contribution in [0.1, 0.15) is 32.4 Å². The molecule has 23 heavy (non-hydrogen) atoms. The van der Waals surface area contributed by atoms with Crippen molar-refractivity contribution < 1.29 is 28.6 Å². The van der Waals surface area contributed by atoms with Crippen molar-refractivity contribution in [2.75, 3.05) is 13.2 Å². The van der Waals surface area contributed by atoms with E-state index in [4.69, 9.17) is 14.2 Å². The van der Waals surface area contributed by atoms with Gasteiger partial charge in [-0.15, -0.1) is 0 Å². The fraction of sp³-hybridized carbons (Fsp3) is 0.471. The Labute approximate surface area is 134 Å². The smallest absolute Gasteiger partial charge is 0.323 e. The van der Waals surface area contributed by atoms with Crippen molar-refractivity contribution in [1.82, 2.24) is 0 Å². The van der Waals surface area contributed by atoms with Crippen LogP contribution < -0.4 is 0 Å². The van der Waals surface area contributed by atoms with Crippen molar-refractivity contribution in [1.29, 1.82) is 0 Å². The number of rotatable bonds is 5. The third kappa shape index (κ3) is 3.21. The van der Waals surface area contributed by atoms with E-state index in [1.54, 1.807) is 31.2 Å². The van der Waals surface area contributed by atoms with Crippen LogP contribution in [0.2, 0.25) is 0 Å². The van der Waals surface area contributed by atoms with Gasteiger partial charge in [-0.05, 0) is 19.4 Å². The van der Waals surface area contributed by atoms with Crippen molar-refractivity contribution >= 4 is 17.9 Å². The second-order valence-electron chi connectivity index (χ2n) is 5.57. The number of benzene rings is 1. The normalized spacial score (nSPS) is 24.7. The number of cyclic esters (lactones) is 1. The first-order chi connectivity index (χ1) is 10.9. The van der Waals surface area contributed by atoms with Crippen LogP contribution in [0.3, 0.4) is 0 Å². The van der Waals surface area contributed by atoms with Crippen molar-refractivity contribution in [3.8, 4) is 0 Å². The number of hydrogen-bond donors (Lipinski definition) is 0. The molecule has 1 aromatic rings. The van der Waals surface area contributed by atoms with E-state index >= 15 is 0 Å². The highest BCUT2D eigenvalue weighted by atomic mass is 16.6. The van der Waals surface area contributed by atoms with Gasteiger partial charge in [0.2, 0.25) is 0 Å². The average molecular weight is 320 g/mol. The summed E-state index contributed by atoms with van der Waals surface area (Å²) in [6.07, 6.45) is -0.769. The molecule has 124 valence electrons. The zero-order valence-electron chi connectivity index (χ0n) is 13.4. The highest BCUT2D eigenvalue weighted by Crippen LogP contribution is 2.45. The van der Waals surface area contributed by atoms with Gasteiger partial charge in [0.25, 0.3) is 0 Å². The highest BCUT2D eigenvalue weighted by molar-refractivity contribution is 6.01. The second-order valence-corrected chi connectivity index (χ2v) is 5.57. The van der Waals surface area contributed by atoms with E-state index < -0.39 is 35.3 Å². The van der Waals surface area contributed by atoms with Crippen LogP contribution in [0.5, 0.6) is 0 Å². The predicted molar refractivity (Wildman–Crippen MR) is 80.1 cm³/mol. The Morgan fingerprint density at radius 1 is 1.35 bits per heavy atom. The molecule has 6 nitrogen and oxygen atoms in total. The highest BCUT2D eigenvalue weighted by Gasteiger charge is 2.59. The molecular formula is C17H20O6. The maximum absolute atomic E-state index is 12.3. The molecule has 1 aliphatic heterocycles. The van der Waals surface area contributed by atoms with E-state index in [1.807, 2.05) is 6.07 Å². The molecule has 0 radical (unpaired) electrons. The van der Waals surface area contributed by atoms with Crippen LogP contribution in [-0.4, -0.2) is 31.1 Å². The van der Waals surface area contributed by atoms with E-state index in [9.17, 15) is 14.4 Å². The molecule has 0 aliphatic carbocycles. The molecule has 3 unspecified atom stereocenters. The average Bonchev–Trinajstić information content (AvgIpc) is 2.83.